The van der Waals surface area contributed by atoms with Crippen molar-refractivity contribution in [2.45, 2.75) is 6.92 Å². The van der Waals surface area contributed by atoms with Gasteiger partial charge in [-0.3, -0.25) is 19.3 Å². The van der Waals surface area contributed by atoms with E-state index in [-0.39, 0.29) is 42.5 Å². The summed E-state index contributed by atoms with van der Waals surface area (Å²) in [5.41, 5.74) is 0.808. The summed E-state index contributed by atoms with van der Waals surface area (Å²) in [5, 5.41) is 2.73. The number of nitrogens with one attached hydrogen (secondary N) is 1. The monoisotopic (exact) mass is 420 g/mol. The van der Waals surface area contributed by atoms with Crippen LogP contribution in [-0.4, -0.2) is 47.4 Å². The largest absolute Gasteiger partial charge is 0.482 e. The van der Waals surface area contributed by atoms with Gasteiger partial charge in [-0.25, -0.2) is 0 Å². The highest BCUT2D eigenvalue weighted by Crippen LogP contribution is 2.31. The number of ether oxygens (including phenoxy) is 1. The lowest BCUT2D eigenvalue weighted by Gasteiger charge is -2.14. The Balaban J connectivity index is 1.78. The van der Waals surface area contributed by atoms with Gasteiger partial charge in [0.25, 0.3) is 11.1 Å². The summed E-state index contributed by atoms with van der Waals surface area (Å²) >= 11 is 10.4. The molecule has 1 N–H and O–H groups in total. The molecule has 0 saturated carbocycles. The van der Waals surface area contributed by atoms with E-state index < -0.39 is 0 Å². The van der Waals surface area contributed by atoms with Gasteiger partial charge in [-0.15, -0.1) is 0 Å². The number of amides is 3. The minimum Gasteiger partial charge on any atom is -0.482 e. The Morgan fingerprint density at radius 1 is 1.48 bits per heavy atom. The molecule has 0 atom stereocenters. The second-order valence-corrected chi connectivity index (χ2v) is 7.02. The molecule has 0 bridgehead atoms. The molecule has 1 aromatic carbocycles. The van der Waals surface area contributed by atoms with Gasteiger partial charge in [0.05, 0.1) is 10.8 Å². The molecule has 0 aliphatic carbocycles. The smallest absolute Gasteiger partial charge is 0.288 e. The van der Waals surface area contributed by atoms with Crippen molar-refractivity contribution in [3.8, 4) is 5.75 Å². The zero-order chi connectivity index (χ0) is 17.0. The first-order valence-corrected chi connectivity index (χ1v) is 8.86. The van der Waals surface area contributed by atoms with Gasteiger partial charge in [0.2, 0.25) is 5.91 Å². The van der Waals surface area contributed by atoms with Crippen LogP contribution in [0, 0.1) is 6.92 Å². The lowest BCUT2D eigenvalue weighted by Crippen LogP contribution is -2.39. The van der Waals surface area contributed by atoms with Crippen LogP contribution in [0.4, 0.5) is 4.79 Å². The van der Waals surface area contributed by atoms with E-state index in [0.29, 0.717) is 10.8 Å². The topological polar surface area (TPSA) is 75.7 Å². The van der Waals surface area contributed by atoms with Crippen molar-refractivity contribution in [2.75, 3.05) is 25.4 Å². The Kier molecular flexibility index (Phi) is 6.32. The molecule has 1 aliphatic heterocycles. The van der Waals surface area contributed by atoms with Gasteiger partial charge in [0, 0.05) is 17.6 Å². The van der Waals surface area contributed by atoms with E-state index in [1.54, 1.807) is 6.07 Å². The van der Waals surface area contributed by atoms with E-state index in [2.05, 4.69) is 21.2 Å². The van der Waals surface area contributed by atoms with Crippen molar-refractivity contribution in [1.29, 1.82) is 0 Å². The Labute approximate surface area is 151 Å². The van der Waals surface area contributed by atoms with E-state index in [9.17, 15) is 14.4 Å². The Morgan fingerprint density at radius 3 is 2.83 bits per heavy atom. The molecule has 1 heterocycles. The third-order valence-electron chi connectivity index (χ3n) is 3.04. The number of hydrogen-bond donors (Lipinski definition) is 1. The first-order valence-electron chi connectivity index (χ1n) is 6.70. The van der Waals surface area contributed by atoms with Crippen molar-refractivity contribution in [2.24, 2.45) is 0 Å². The fourth-order valence-corrected chi connectivity index (χ4v) is 3.74. The molecule has 9 heteroatoms. The maximum atomic E-state index is 11.8. The predicted molar refractivity (Wildman–Crippen MR) is 92.0 cm³/mol. The second kappa shape index (κ2) is 8.03. The minimum absolute atomic E-state index is 0.161. The van der Waals surface area contributed by atoms with Crippen molar-refractivity contribution in [1.82, 2.24) is 10.2 Å². The number of carbonyl (C=O) groups excluding carboxylic acids is 3. The van der Waals surface area contributed by atoms with Crippen LogP contribution in [0.15, 0.2) is 16.6 Å². The fraction of sp³-hybridized carbons (Fsp3) is 0.357. The van der Waals surface area contributed by atoms with Gasteiger partial charge in [-0.05, 0) is 24.6 Å². The zero-order valence-electron chi connectivity index (χ0n) is 12.2. The third-order valence-corrected chi connectivity index (χ3v) is 4.64. The van der Waals surface area contributed by atoms with E-state index in [1.165, 1.54) is 0 Å². The summed E-state index contributed by atoms with van der Waals surface area (Å²) in [5.74, 6) is 0.0289. The van der Waals surface area contributed by atoms with E-state index in [4.69, 9.17) is 16.3 Å². The molecule has 23 heavy (non-hydrogen) atoms. The molecule has 1 saturated heterocycles. The number of benzene rings is 1. The zero-order valence-corrected chi connectivity index (χ0v) is 15.4. The van der Waals surface area contributed by atoms with Gasteiger partial charge in [-0.2, -0.15) is 0 Å². The lowest BCUT2D eigenvalue weighted by molar-refractivity contribution is -0.126. The lowest BCUT2D eigenvalue weighted by atomic mass is 10.2. The summed E-state index contributed by atoms with van der Waals surface area (Å²) < 4.78 is 6.26. The summed E-state index contributed by atoms with van der Waals surface area (Å²) in [6.07, 6.45) is 0. The maximum absolute atomic E-state index is 11.8. The second-order valence-electron chi connectivity index (χ2n) is 4.77. The van der Waals surface area contributed by atoms with Crippen LogP contribution < -0.4 is 10.1 Å². The van der Waals surface area contributed by atoms with Crippen LogP contribution in [0.1, 0.15) is 5.56 Å². The number of rotatable bonds is 6. The SMILES string of the molecule is Cc1cc(Br)cc(Cl)c1OCC(=O)NCCN1C(=O)CSC1=O. The Morgan fingerprint density at radius 2 is 2.22 bits per heavy atom. The van der Waals surface area contributed by atoms with Crippen LogP contribution in [0.3, 0.4) is 0 Å². The third kappa shape index (κ3) is 4.86. The molecular formula is C14H14BrClN2O4S. The normalized spacial score (nSPS) is 14.3. The molecular weight excluding hydrogens is 408 g/mol. The van der Waals surface area contributed by atoms with Crippen LogP contribution in [0.25, 0.3) is 0 Å². The summed E-state index contributed by atoms with van der Waals surface area (Å²) in [4.78, 5) is 35.7. The average Bonchev–Trinajstić information content (AvgIpc) is 2.78. The first-order chi connectivity index (χ1) is 10.9. The molecule has 0 aromatic heterocycles. The highest BCUT2D eigenvalue weighted by atomic mass is 79.9. The number of aryl methyl sites for hydroxylation is 1. The average molecular weight is 422 g/mol. The van der Waals surface area contributed by atoms with Crippen molar-refractivity contribution in [3.05, 3.63) is 27.2 Å². The molecule has 0 radical (unpaired) electrons. The van der Waals surface area contributed by atoms with Gasteiger partial charge in [0.15, 0.2) is 6.61 Å². The van der Waals surface area contributed by atoms with E-state index in [0.717, 1.165) is 26.7 Å². The van der Waals surface area contributed by atoms with Crippen LogP contribution in [0.2, 0.25) is 5.02 Å². The molecule has 124 valence electrons. The summed E-state index contributed by atoms with van der Waals surface area (Å²) in [7, 11) is 0. The number of halogens is 2. The fourth-order valence-electron chi connectivity index (χ4n) is 1.96. The molecule has 1 aromatic rings. The van der Waals surface area contributed by atoms with Crippen LogP contribution in [-0.2, 0) is 9.59 Å². The number of hydrogen-bond acceptors (Lipinski definition) is 5. The quantitative estimate of drug-likeness (QED) is 0.764. The van der Waals surface area contributed by atoms with Crippen molar-refractivity contribution in [3.63, 3.8) is 0 Å². The van der Waals surface area contributed by atoms with Crippen LogP contribution >= 0.6 is 39.3 Å². The molecule has 1 fully saturated rings. The molecule has 1 aliphatic rings. The number of thioether (sulfide) groups is 1. The van der Waals surface area contributed by atoms with Crippen LogP contribution in [0.5, 0.6) is 5.75 Å². The summed E-state index contributed by atoms with van der Waals surface area (Å²) in [6, 6.07) is 3.52. The Bertz CT molecular complexity index is 617. The van der Waals surface area contributed by atoms with Crippen molar-refractivity contribution >= 4 is 56.3 Å². The van der Waals surface area contributed by atoms with E-state index in [1.807, 2.05) is 13.0 Å². The highest BCUT2D eigenvalue weighted by Gasteiger charge is 2.29. The molecule has 3 amide bonds. The molecule has 6 nitrogen and oxygen atoms in total. The van der Waals surface area contributed by atoms with Gasteiger partial charge >= 0.3 is 0 Å². The Hall–Kier alpha value is -1.25. The van der Waals surface area contributed by atoms with Crippen molar-refractivity contribution < 1.29 is 19.1 Å². The first kappa shape index (κ1) is 18.1. The van der Waals surface area contributed by atoms with Gasteiger partial charge in [0.1, 0.15) is 5.75 Å². The molecule has 0 unspecified atom stereocenters. The molecule has 2 rings (SSSR count). The highest BCUT2D eigenvalue weighted by molar-refractivity contribution is 9.10. The maximum Gasteiger partial charge on any atom is 0.288 e. The minimum atomic E-state index is -0.352. The number of nitrogens with zero attached hydrogens (tertiary/aromatic N) is 1. The predicted octanol–water partition coefficient (Wildman–Crippen LogP) is 2.60. The molecule has 0 spiro atoms. The van der Waals surface area contributed by atoms with Gasteiger partial charge in [-0.1, -0.05) is 39.3 Å². The van der Waals surface area contributed by atoms with Gasteiger partial charge < -0.3 is 10.1 Å². The summed E-state index contributed by atoms with van der Waals surface area (Å²) in [6.45, 7) is 1.98. The standard InChI is InChI=1S/C14H14BrClN2O4S/c1-8-4-9(15)5-10(16)13(8)22-6-11(19)17-2-3-18-12(20)7-23-14(18)21/h4-5H,2-3,6-7H2,1H3,(H,17,19). The number of imide groups is 1. The van der Waals surface area contributed by atoms with E-state index >= 15 is 0 Å². The number of carbonyl (C=O) groups is 3.